The molecule has 1 aromatic rings. The van der Waals surface area contributed by atoms with Crippen molar-refractivity contribution in [3.05, 3.63) is 41.1 Å². The highest BCUT2D eigenvalue weighted by atomic mass is 35.6. The van der Waals surface area contributed by atoms with Crippen molar-refractivity contribution < 1.29 is 14.8 Å². The lowest BCUT2D eigenvalue weighted by Crippen LogP contribution is -2.82. The molecule has 144 valence electrons. The summed E-state index contributed by atoms with van der Waals surface area (Å²) in [6.07, 6.45) is 0.788. The van der Waals surface area contributed by atoms with Crippen LogP contribution in [0, 0.1) is 19.3 Å². The standard InChI is InChI=1S/C18H24Cl3N3O2/c1-11-6-7-13(8-12(11)2)23-15(9-14(22)17(3,4)5)24-16(25)26-10-18(19,20)21/h6-9H,10,22H2,1-5H3,(H,23,24,25)/p+1/b14-9-. The monoisotopic (exact) mass is 420 g/mol. The summed E-state index contributed by atoms with van der Waals surface area (Å²) in [5.74, 6) is 0.356. The molecule has 0 aromatic heterocycles. The minimum atomic E-state index is -1.69. The zero-order valence-electron chi connectivity index (χ0n) is 15.6. The van der Waals surface area contributed by atoms with Crippen LogP contribution < -0.4 is 11.1 Å². The number of carbonyl (C=O) groups is 1. The number of benzene rings is 1. The summed E-state index contributed by atoms with van der Waals surface area (Å²) in [6.45, 7) is 9.54. The Balaban J connectivity index is 3.11. The highest BCUT2D eigenvalue weighted by Crippen LogP contribution is 2.26. The average molecular weight is 422 g/mol. The Hall–Kier alpha value is -1.27. The third-order valence-electron chi connectivity index (χ3n) is 3.59. The number of allylic oxidation sites excluding steroid dienone is 1. The first-order chi connectivity index (χ1) is 11.8. The predicted octanol–water partition coefficient (Wildman–Crippen LogP) is 4.29. The van der Waals surface area contributed by atoms with Crippen molar-refractivity contribution in [2.45, 2.75) is 38.4 Å². The van der Waals surface area contributed by atoms with E-state index < -0.39 is 16.5 Å². The third kappa shape index (κ3) is 8.41. The Morgan fingerprint density at radius 1 is 1.23 bits per heavy atom. The molecule has 8 heteroatoms. The zero-order valence-corrected chi connectivity index (χ0v) is 17.8. The number of amides is 1. The maximum Gasteiger partial charge on any atom is 0.438 e. The van der Waals surface area contributed by atoms with Gasteiger partial charge in [-0.25, -0.2) is 4.79 Å². The Morgan fingerprint density at radius 2 is 1.85 bits per heavy atom. The van der Waals surface area contributed by atoms with E-state index in [-0.39, 0.29) is 5.41 Å². The van der Waals surface area contributed by atoms with E-state index in [1.54, 1.807) is 11.4 Å². The van der Waals surface area contributed by atoms with Crippen LogP contribution in [0.25, 0.3) is 0 Å². The number of carbonyl (C=O) groups excluding carboxylic acids is 1. The van der Waals surface area contributed by atoms with E-state index in [0.717, 1.165) is 11.3 Å². The summed E-state index contributed by atoms with van der Waals surface area (Å²) in [7, 11) is 0. The normalized spacial score (nSPS) is 13.7. The van der Waals surface area contributed by atoms with Gasteiger partial charge in [0.2, 0.25) is 9.63 Å². The van der Waals surface area contributed by atoms with Crippen molar-refractivity contribution in [3.63, 3.8) is 0 Å². The molecule has 0 atom stereocenters. The van der Waals surface area contributed by atoms with Gasteiger partial charge in [0.25, 0.3) is 0 Å². The maximum absolute atomic E-state index is 12.0. The van der Waals surface area contributed by atoms with E-state index in [1.807, 2.05) is 52.8 Å². The maximum atomic E-state index is 12.0. The molecule has 0 aliphatic carbocycles. The highest BCUT2D eigenvalue weighted by Gasteiger charge is 2.23. The highest BCUT2D eigenvalue weighted by molar-refractivity contribution is 6.67. The van der Waals surface area contributed by atoms with E-state index in [4.69, 9.17) is 45.3 Å². The van der Waals surface area contributed by atoms with E-state index in [1.165, 1.54) is 5.56 Å². The molecule has 0 aliphatic heterocycles. The van der Waals surface area contributed by atoms with Crippen LogP contribution in [-0.4, -0.2) is 22.3 Å². The van der Waals surface area contributed by atoms with Gasteiger partial charge in [-0.3, -0.25) is 5.32 Å². The van der Waals surface area contributed by atoms with Crippen LogP contribution >= 0.6 is 34.8 Å². The van der Waals surface area contributed by atoms with Crippen LogP contribution in [0.3, 0.4) is 0 Å². The van der Waals surface area contributed by atoms with Crippen LogP contribution in [0.2, 0.25) is 0 Å². The molecule has 0 aliphatic rings. The minimum absolute atomic E-state index is 0.278. The van der Waals surface area contributed by atoms with Crippen LogP contribution in [-0.2, 0) is 4.74 Å². The summed E-state index contributed by atoms with van der Waals surface area (Å²) in [5.41, 5.74) is 9.61. The summed E-state index contributed by atoms with van der Waals surface area (Å²) >= 11 is 16.8. The van der Waals surface area contributed by atoms with E-state index >= 15 is 0 Å². The van der Waals surface area contributed by atoms with E-state index in [0.29, 0.717) is 11.5 Å². The van der Waals surface area contributed by atoms with Gasteiger partial charge in [-0.2, -0.15) is 0 Å². The molecule has 26 heavy (non-hydrogen) atoms. The molecule has 0 saturated heterocycles. The number of halogens is 3. The SMILES string of the molecule is Cc1ccc([NH2+]C(/C=C(\N)C(C)(C)C)=N/C(=O)OCC(Cl)(Cl)Cl)cc1C. The van der Waals surface area contributed by atoms with Gasteiger partial charge in [0, 0.05) is 23.3 Å². The van der Waals surface area contributed by atoms with Crippen LogP contribution in [0.5, 0.6) is 0 Å². The molecule has 5 nitrogen and oxygen atoms in total. The Labute approximate surface area is 169 Å². The number of rotatable bonds is 3. The number of hydrogen-bond donors (Lipinski definition) is 2. The van der Waals surface area contributed by atoms with Gasteiger partial charge in [0.1, 0.15) is 12.3 Å². The number of nitrogens with zero attached hydrogens (tertiary/aromatic N) is 1. The van der Waals surface area contributed by atoms with Gasteiger partial charge in [-0.15, -0.1) is 4.99 Å². The number of hydrogen-bond acceptors (Lipinski definition) is 3. The van der Waals surface area contributed by atoms with Crippen molar-refractivity contribution >= 4 is 52.4 Å². The van der Waals surface area contributed by atoms with Gasteiger partial charge < -0.3 is 10.5 Å². The van der Waals surface area contributed by atoms with Gasteiger partial charge in [-0.05, 0) is 31.0 Å². The van der Waals surface area contributed by atoms with Crippen molar-refractivity contribution in [2.75, 3.05) is 6.61 Å². The number of quaternary nitrogens is 1. The fourth-order valence-electron chi connectivity index (χ4n) is 1.79. The second kappa shape index (κ2) is 9.09. The fourth-order valence-corrected chi connectivity index (χ4v) is 1.95. The first-order valence-electron chi connectivity index (χ1n) is 8.00. The zero-order chi connectivity index (χ0) is 20.1. The summed E-state index contributed by atoms with van der Waals surface area (Å²) in [6, 6.07) is 5.93. The average Bonchev–Trinajstić information content (AvgIpc) is 2.47. The second-order valence-electron chi connectivity index (χ2n) is 7.04. The predicted molar refractivity (Wildman–Crippen MR) is 108 cm³/mol. The molecule has 1 aromatic carbocycles. The summed E-state index contributed by atoms with van der Waals surface area (Å²) in [4.78, 5) is 15.9. The number of ether oxygens (including phenoxy) is 1. The van der Waals surface area contributed by atoms with Gasteiger partial charge in [-0.1, -0.05) is 61.6 Å². The number of aryl methyl sites for hydroxylation is 2. The molecule has 0 heterocycles. The molecule has 1 rings (SSSR count). The Bertz CT molecular complexity index is 717. The molecule has 0 unspecified atom stereocenters. The van der Waals surface area contributed by atoms with E-state index in [9.17, 15) is 4.79 Å². The van der Waals surface area contributed by atoms with Crippen molar-refractivity contribution in [1.82, 2.24) is 0 Å². The molecule has 0 radical (unpaired) electrons. The molecular formula is C18H25Cl3N3O2+. The number of nitrogens with two attached hydrogens (primary N) is 2. The minimum Gasteiger partial charge on any atom is -0.443 e. The quantitative estimate of drug-likeness (QED) is 0.330. The van der Waals surface area contributed by atoms with Crippen molar-refractivity contribution in [1.29, 1.82) is 0 Å². The van der Waals surface area contributed by atoms with Crippen LogP contribution in [0.4, 0.5) is 10.5 Å². The Morgan fingerprint density at radius 3 is 2.35 bits per heavy atom. The number of aliphatic imine (C=N–C) groups is 1. The fraction of sp³-hybridized carbons (Fsp3) is 0.444. The second-order valence-corrected chi connectivity index (χ2v) is 9.56. The topological polar surface area (TPSA) is 81.3 Å². The lowest BCUT2D eigenvalue weighted by molar-refractivity contribution is -0.442. The molecule has 1 amide bonds. The first kappa shape index (κ1) is 22.8. The van der Waals surface area contributed by atoms with Gasteiger partial charge >= 0.3 is 6.09 Å². The molecule has 0 bridgehead atoms. The number of amidine groups is 1. The summed E-state index contributed by atoms with van der Waals surface area (Å²) in [5, 5.41) is 1.75. The van der Waals surface area contributed by atoms with Crippen LogP contribution in [0.15, 0.2) is 35.0 Å². The Kier molecular flexibility index (Phi) is 7.96. The van der Waals surface area contributed by atoms with Crippen molar-refractivity contribution in [3.8, 4) is 0 Å². The first-order valence-corrected chi connectivity index (χ1v) is 9.13. The lowest BCUT2D eigenvalue weighted by Gasteiger charge is -2.18. The lowest BCUT2D eigenvalue weighted by atomic mass is 9.92. The molecular weight excluding hydrogens is 397 g/mol. The third-order valence-corrected chi connectivity index (χ3v) is 3.92. The molecule has 0 spiro atoms. The van der Waals surface area contributed by atoms with Crippen molar-refractivity contribution in [2.24, 2.45) is 16.1 Å². The van der Waals surface area contributed by atoms with Crippen LogP contribution in [0.1, 0.15) is 31.9 Å². The van der Waals surface area contributed by atoms with Gasteiger partial charge in [0.15, 0.2) is 0 Å². The summed E-state index contributed by atoms with van der Waals surface area (Å²) < 4.78 is 3.18. The smallest absolute Gasteiger partial charge is 0.438 e. The number of alkyl halides is 3. The van der Waals surface area contributed by atoms with E-state index in [2.05, 4.69) is 4.99 Å². The molecule has 0 fully saturated rings. The van der Waals surface area contributed by atoms with Gasteiger partial charge in [0.05, 0.1) is 0 Å². The molecule has 4 N–H and O–H groups in total. The largest absolute Gasteiger partial charge is 0.443 e. The molecule has 0 saturated carbocycles.